The molecule has 3 amide bonds. The summed E-state index contributed by atoms with van der Waals surface area (Å²) in [6.45, 7) is 5.14. The van der Waals surface area contributed by atoms with E-state index in [1.54, 1.807) is 4.90 Å². The SMILES string of the molecule is CCCN(C(=O)C1CCN(C(=O)c2ccc(F)cc2)CC1)C1CCN(C(=O)c2ccccc2)CC1. The van der Waals surface area contributed by atoms with Crippen LogP contribution in [0.3, 0.4) is 0 Å². The minimum atomic E-state index is -0.364. The van der Waals surface area contributed by atoms with Crippen LogP contribution in [0.4, 0.5) is 4.39 Å². The first-order valence-corrected chi connectivity index (χ1v) is 12.7. The minimum Gasteiger partial charge on any atom is -0.339 e. The van der Waals surface area contributed by atoms with Crippen molar-refractivity contribution < 1.29 is 18.8 Å². The van der Waals surface area contributed by atoms with Crippen LogP contribution in [0.2, 0.25) is 0 Å². The van der Waals surface area contributed by atoms with Gasteiger partial charge in [0.25, 0.3) is 11.8 Å². The summed E-state index contributed by atoms with van der Waals surface area (Å²) in [5, 5.41) is 0. The molecule has 6 nitrogen and oxygen atoms in total. The molecule has 2 aliphatic rings. The lowest BCUT2D eigenvalue weighted by Crippen LogP contribution is -2.52. The quantitative estimate of drug-likeness (QED) is 0.623. The van der Waals surface area contributed by atoms with E-state index in [1.807, 2.05) is 40.1 Å². The fraction of sp³-hybridized carbons (Fsp3) is 0.464. The summed E-state index contributed by atoms with van der Waals surface area (Å²) < 4.78 is 13.2. The predicted molar refractivity (Wildman–Crippen MR) is 132 cm³/mol. The highest BCUT2D eigenvalue weighted by Crippen LogP contribution is 2.26. The summed E-state index contributed by atoms with van der Waals surface area (Å²) in [5.41, 5.74) is 1.18. The Balaban J connectivity index is 1.31. The molecule has 0 radical (unpaired) electrons. The van der Waals surface area contributed by atoms with Crippen LogP contribution in [0, 0.1) is 11.7 Å². The van der Waals surface area contributed by atoms with Crippen LogP contribution >= 0.6 is 0 Å². The van der Waals surface area contributed by atoms with Gasteiger partial charge >= 0.3 is 0 Å². The van der Waals surface area contributed by atoms with Crippen LogP contribution in [-0.4, -0.2) is 71.2 Å². The number of nitrogens with zero attached hydrogens (tertiary/aromatic N) is 3. The van der Waals surface area contributed by atoms with Crippen LogP contribution < -0.4 is 0 Å². The van der Waals surface area contributed by atoms with Gasteiger partial charge in [0.2, 0.25) is 5.91 Å². The number of hydrogen-bond donors (Lipinski definition) is 0. The van der Waals surface area contributed by atoms with Crippen molar-refractivity contribution in [1.82, 2.24) is 14.7 Å². The van der Waals surface area contributed by atoms with Crippen molar-refractivity contribution in [1.29, 1.82) is 0 Å². The van der Waals surface area contributed by atoms with Gasteiger partial charge in [-0.25, -0.2) is 4.39 Å². The first kappa shape index (κ1) is 24.9. The van der Waals surface area contributed by atoms with Gasteiger partial charge in [-0.1, -0.05) is 25.1 Å². The highest BCUT2D eigenvalue weighted by atomic mass is 19.1. The summed E-state index contributed by atoms with van der Waals surface area (Å²) in [6, 6.07) is 15.1. The van der Waals surface area contributed by atoms with E-state index >= 15 is 0 Å². The van der Waals surface area contributed by atoms with Crippen molar-refractivity contribution in [2.24, 2.45) is 5.92 Å². The Morgan fingerprint density at radius 3 is 1.86 bits per heavy atom. The molecule has 0 bridgehead atoms. The second-order valence-corrected chi connectivity index (χ2v) is 9.49. The molecular formula is C28H34FN3O3. The number of carbonyl (C=O) groups is 3. The van der Waals surface area contributed by atoms with Crippen molar-refractivity contribution >= 4 is 17.7 Å². The highest BCUT2D eigenvalue weighted by Gasteiger charge is 2.35. The number of piperidine rings is 2. The number of amides is 3. The molecule has 0 N–H and O–H groups in total. The standard InChI is InChI=1S/C28H34FN3O3/c1-2-16-32(25-14-19-31(20-15-25)26(33)21-6-4-3-5-7-21)28(35)23-12-17-30(18-13-23)27(34)22-8-10-24(29)11-9-22/h3-11,23,25H,2,12-20H2,1H3. The van der Waals surface area contributed by atoms with E-state index in [9.17, 15) is 18.8 Å². The first-order valence-electron chi connectivity index (χ1n) is 12.7. The zero-order valence-electron chi connectivity index (χ0n) is 20.4. The molecule has 2 heterocycles. The van der Waals surface area contributed by atoms with Gasteiger partial charge in [-0.15, -0.1) is 0 Å². The van der Waals surface area contributed by atoms with E-state index < -0.39 is 0 Å². The largest absolute Gasteiger partial charge is 0.339 e. The van der Waals surface area contributed by atoms with Crippen molar-refractivity contribution in [3.8, 4) is 0 Å². The van der Waals surface area contributed by atoms with Gasteiger partial charge in [0.1, 0.15) is 5.82 Å². The molecule has 0 aliphatic carbocycles. The third-order valence-corrected chi connectivity index (χ3v) is 7.18. The van der Waals surface area contributed by atoms with E-state index in [0.29, 0.717) is 56.7 Å². The Bertz CT molecular complexity index is 1010. The molecule has 7 heteroatoms. The Morgan fingerprint density at radius 1 is 0.800 bits per heavy atom. The van der Waals surface area contributed by atoms with Crippen LogP contribution in [0.1, 0.15) is 59.7 Å². The van der Waals surface area contributed by atoms with Crippen LogP contribution in [-0.2, 0) is 4.79 Å². The molecule has 2 aromatic rings. The fourth-order valence-electron chi connectivity index (χ4n) is 5.20. The lowest BCUT2D eigenvalue weighted by Gasteiger charge is -2.41. The predicted octanol–water partition coefficient (Wildman–Crippen LogP) is 4.22. The van der Waals surface area contributed by atoms with Crippen LogP contribution in [0.5, 0.6) is 0 Å². The molecule has 2 fully saturated rings. The van der Waals surface area contributed by atoms with Gasteiger partial charge < -0.3 is 14.7 Å². The van der Waals surface area contributed by atoms with Gasteiger partial charge in [0, 0.05) is 55.8 Å². The summed E-state index contributed by atoms with van der Waals surface area (Å²) in [4.78, 5) is 44.7. The molecular weight excluding hydrogens is 445 g/mol. The zero-order chi connectivity index (χ0) is 24.8. The maximum absolute atomic E-state index is 13.5. The molecule has 0 spiro atoms. The number of benzene rings is 2. The van der Waals surface area contributed by atoms with Crippen LogP contribution in [0.25, 0.3) is 0 Å². The Hall–Kier alpha value is -3.22. The van der Waals surface area contributed by atoms with Gasteiger partial charge in [-0.3, -0.25) is 14.4 Å². The summed E-state index contributed by atoms with van der Waals surface area (Å²) in [5.74, 6) is -0.346. The van der Waals surface area contributed by atoms with Crippen molar-refractivity contribution in [2.45, 2.75) is 45.1 Å². The zero-order valence-corrected chi connectivity index (χ0v) is 20.4. The maximum atomic E-state index is 13.5. The molecule has 35 heavy (non-hydrogen) atoms. The molecule has 0 atom stereocenters. The van der Waals surface area contributed by atoms with E-state index in [4.69, 9.17) is 0 Å². The van der Waals surface area contributed by atoms with E-state index in [2.05, 4.69) is 6.92 Å². The van der Waals surface area contributed by atoms with Crippen LogP contribution in [0.15, 0.2) is 54.6 Å². The number of rotatable bonds is 6. The molecule has 4 rings (SSSR count). The molecule has 2 aliphatic heterocycles. The lowest BCUT2D eigenvalue weighted by atomic mass is 9.92. The molecule has 0 unspecified atom stereocenters. The lowest BCUT2D eigenvalue weighted by molar-refractivity contribution is -0.140. The summed E-state index contributed by atoms with van der Waals surface area (Å²) in [6.07, 6.45) is 3.73. The average Bonchev–Trinajstić information content (AvgIpc) is 2.92. The van der Waals surface area contributed by atoms with Crippen molar-refractivity contribution in [2.75, 3.05) is 32.7 Å². The molecule has 0 aromatic heterocycles. The molecule has 0 saturated carbocycles. The maximum Gasteiger partial charge on any atom is 0.253 e. The summed E-state index contributed by atoms with van der Waals surface area (Å²) in [7, 11) is 0. The second-order valence-electron chi connectivity index (χ2n) is 9.49. The van der Waals surface area contributed by atoms with E-state index in [1.165, 1.54) is 24.3 Å². The third-order valence-electron chi connectivity index (χ3n) is 7.18. The fourth-order valence-corrected chi connectivity index (χ4v) is 5.20. The Morgan fingerprint density at radius 2 is 1.31 bits per heavy atom. The topological polar surface area (TPSA) is 60.9 Å². The molecule has 2 aromatic carbocycles. The minimum absolute atomic E-state index is 0.0515. The molecule has 2 saturated heterocycles. The van der Waals surface area contributed by atoms with Gasteiger partial charge in [-0.2, -0.15) is 0 Å². The average molecular weight is 480 g/mol. The first-order chi connectivity index (χ1) is 17.0. The smallest absolute Gasteiger partial charge is 0.253 e. The number of halogens is 1. The van der Waals surface area contributed by atoms with Crippen molar-refractivity contribution in [3.05, 3.63) is 71.5 Å². The Labute approximate surface area is 206 Å². The van der Waals surface area contributed by atoms with Gasteiger partial charge in [0.15, 0.2) is 0 Å². The number of hydrogen-bond acceptors (Lipinski definition) is 3. The van der Waals surface area contributed by atoms with Crippen molar-refractivity contribution in [3.63, 3.8) is 0 Å². The normalized spacial score (nSPS) is 17.3. The van der Waals surface area contributed by atoms with Gasteiger partial charge in [0.05, 0.1) is 0 Å². The number of likely N-dealkylation sites (tertiary alicyclic amines) is 2. The Kier molecular flexibility index (Phi) is 8.16. The third kappa shape index (κ3) is 5.89. The number of carbonyl (C=O) groups excluding carboxylic acids is 3. The monoisotopic (exact) mass is 479 g/mol. The molecule has 186 valence electrons. The van der Waals surface area contributed by atoms with E-state index in [-0.39, 0.29) is 35.5 Å². The van der Waals surface area contributed by atoms with Gasteiger partial charge in [-0.05, 0) is 68.5 Å². The highest BCUT2D eigenvalue weighted by molar-refractivity contribution is 5.95. The van der Waals surface area contributed by atoms with E-state index in [0.717, 1.165) is 19.3 Å². The second kappa shape index (κ2) is 11.5. The summed E-state index contributed by atoms with van der Waals surface area (Å²) >= 11 is 0.